The molecule has 2 aromatic rings. The van der Waals surface area contributed by atoms with E-state index in [0.29, 0.717) is 18.2 Å². The molecule has 1 aliphatic rings. The molecule has 1 aliphatic carbocycles. The number of hydrogen-bond acceptors (Lipinski definition) is 4. The number of nitrogens with one attached hydrogen (secondary N) is 1. The average molecular weight is 336 g/mol. The van der Waals surface area contributed by atoms with E-state index < -0.39 is 0 Å². The minimum absolute atomic E-state index is 0. The monoisotopic (exact) mass is 335 g/mol. The van der Waals surface area contributed by atoms with E-state index in [1.807, 2.05) is 37.3 Å². The van der Waals surface area contributed by atoms with Crippen molar-refractivity contribution in [3.05, 3.63) is 41.7 Å². The van der Waals surface area contributed by atoms with Gasteiger partial charge in [-0.05, 0) is 37.8 Å². The smallest absolute Gasteiger partial charge is 0.226 e. The van der Waals surface area contributed by atoms with Crippen LogP contribution in [0.4, 0.5) is 0 Å². The summed E-state index contributed by atoms with van der Waals surface area (Å²) in [6, 6.07) is 9.84. The van der Waals surface area contributed by atoms with E-state index in [2.05, 4.69) is 15.6 Å². The van der Waals surface area contributed by atoms with Gasteiger partial charge in [0, 0.05) is 12.6 Å². The normalized spacial score (nSPS) is 14.9. The van der Waals surface area contributed by atoms with E-state index in [-0.39, 0.29) is 30.8 Å². The number of rotatable bonds is 6. The summed E-state index contributed by atoms with van der Waals surface area (Å²) in [6.45, 7) is 2.46. The molecule has 1 atom stereocenters. The molecule has 1 aromatic carbocycles. The van der Waals surface area contributed by atoms with E-state index >= 15 is 0 Å². The van der Waals surface area contributed by atoms with E-state index in [0.717, 1.165) is 11.4 Å². The molecule has 0 spiro atoms. The second kappa shape index (κ2) is 7.57. The number of halogens is 1. The van der Waals surface area contributed by atoms with Crippen LogP contribution < -0.4 is 11.1 Å². The van der Waals surface area contributed by atoms with Crippen LogP contribution >= 0.6 is 12.4 Å². The van der Waals surface area contributed by atoms with E-state index in [9.17, 15) is 4.79 Å². The molecule has 3 rings (SSSR count). The molecular weight excluding hydrogens is 314 g/mol. The molecule has 1 fully saturated rings. The summed E-state index contributed by atoms with van der Waals surface area (Å²) in [5, 5.41) is 11.1. The van der Waals surface area contributed by atoms with Gasteiger partial charge in [-0.1, -0.05) is 23.4 Å². The molecule has 1 unspecified atom stereocenters. The lowest BCUT2D eigenvalue weighted by molar-refractivity contribution is -0.120. The van der Waals surface area contributed by atoms with Crippen LogP contribution in [0.25, 0.3) is 5.69 Å². The molecule has 1 saturated carbocycles. The van der Waals surface area contributed by atoms with Crippen LogP contribution in [0.1, 0.15) is 24.2 Å². The fourth-order valence-corrected chi connectivity index (χ4v) is 2.48. The Morgan fingerprint density at radius 2 is 2.09 bits per heavy atom. The molecular formula is C16H22ClN5O. The highest BCUT2D eigenvalue weighted by atomic mass is 35.5. The molecule has 1 heterocycles. The first-order chi connectivity index (χ1) is 10.6. The van der Waals surface area contributed by atoms with Crippen molar-refractivity contribution in [2.24, 2.45) is 11.7 Å². The number of aromatic nitrogens is 3. The van der Waals surface area contributed by atoms with Crippen LogP contribution in [0, 0.1) is 12.8 Å². The summed E-state index contributed by atoms with van der Waals surface area (Å²) in [5.41, 5.74) is 8.50. The van der Waals surface area contributed by atoms with Crippen molar-refractivity contribution in [3.8, 4) is 5.69 Å². The van der Waals surface area contributed by atoms with E-state index in [4.69, 9.17) is 5.73 Å². The largest absolute Gasteiger partial charge is 0.354 e. The molecule has 0 radical (unpaired) electrons. The summed E-state index contributed by atoms with van der Waals surface area (Å²) < 4.78 is 1.75. The molecule has 1 aromatic heterocycles. The summed E-state index contributed by atoms with van der Waals surface area (Å²) in [4.78, 5) is 12.0. The van der Waals surface area contributed by atoms with Gasteiger partial charge in [-0.3, -0.25) is 4.79 Å². The van der Waals surface area contributed by atoms with Crippen LogP contribution in [-0.4, -0.2) is 33.5 Å². The summed E-state index contributed by atoms with van der Waals surface area (Å²) in [5.74, 6) is 0.528. The van der Waals surface area contributed by atoms with Crippen LogP contribution in [0.2, 0.25) is 0 Å². The predicted octanol–water partition coefficient (Wildman–Crippen LogP) is 1.39. The van der Waals surface area contributed by atoms with Crippen molar-refractivity contribution >= 4 is 18.3 Å². The zero-order valence-electron chi connectivity index (χ0n) is 13.1. The first-order valence-electron chi connectivity index (χ1n) is 7.64. The minimum Gasteiger partial charge on any atom is -0.354 e. The third-order valence-electron chi connectivity index (χ3n) is 4.08. The lowest BCUT2D eigenvalue weighted by Crippen LogP contribution is -2.39. The predicted molar refractivity (Wildman–Crippen MR) is 90.8 cm³/mol. The van der Waals surface area contributed by atoms with Gasteiger partial charge in [-0.2, -0.15) is 0 Å². The number of amides is 1. The quantitative estimate of drug-likeness (QED) is 0.835. The third-order valence-corrected chi connectivity index (χ3v) is 4.08. The van der Waals surface area contributed by atoms with Crippen LogP contribution in [-0.2, 0) is 11.2 Å². The summed E-state index contributed by atoms with van der Waals surface area (Å²) in [6.07, 6.45) is 2.60. The summed E-state index contributed by atoms with van der Waals surface area (Å²) in [7, 11) is 0. The number of carbonyl (C=O) groups is 1. The second-order valence-electron chi connectivity index (χ2n) is 5.85. The molecule has 0 bridgehead atoms. The van der Waals surface area contributed by atoms with Gasteiger partial charge in [0.05, 0.1) is 23.5 Å². The number of nitrogens with zero attached hydrogens (tertiary/aromatic N) is 3. The van der Waals surface area contributed by atoms with Gasteiger partial charge in [-0.15, -0.1) is 17.5 Å². The third kappa shape index (κ3) is 4.30. The molecule has 1 amide bonds. The van der Waals surface area contributed by atoms with Crippen LogP contribution in [0.5, 0.6) is 0 Å². The average Bonchev–Trinajstić information content (AvgIpc) is 3.32. The van der Waals surface area contributed by atoms with Crippen molar-refractivity contribution in [2.45, 2.75) is 32.2 Å². The van der Waals surface area contributed by atoms with Crippen LogP contribution in [0.15, 0.2) is 30.3 Å². The van der Waals surface area contributed by atoms with Gasteiger partial charge < -0.3 is 11.1 Å². The van der Waals surface area contributed by atoms with E-state index in [1.165, 1.54) is 12.8 Å². The molecule has 0 aliphatic heterocycles. The Labute approximate surface area is 141 Å². The maximum atomic E-state index is 12.0. The van der Waals surface area contributed by atoms with Gasteiger partial charge in [0.15, 0.2) is 0 Å². The Morgan fingerprint density at radius 3 is 2.74 bits per heavy atom. The Kier molecular flexibility index (Phi) is 5.74. The van der Waals surface area contributed by atoms with Crippen LogP contribution in [0.3, 0.4) is 0 Å². The highest BCUT2D eigenvalue weighted by molar-refractivity contribution is 5.85. The molecule has 6 nitrogen and oxygen atoms in total. The molecule has 23 heavy (non-hydrogen) atoms. The van der Waals surface area contributed by atoms with Gasteiger partial charge in [-0.25, -0.2) is 4.68 Å². The van der Waals surface area contributed by atoms with Gasteiger partial charge >= 0.3 is 0 Å². The second-order valence-corrected chi connectivity index (χ2v) is 5.85. The van der Waals surface area contributed by atoms with Gasteiger partial charge in [0.1, 0.15) is 0 Å². The van der Waals surface area contributed by atoms with Crippen molar-refractivity contribution in [2.75, 3.05) is 6.54 Å². The molecule has 3 N–H and O–H groups in total. The Morgan fingerprint density at radius 1 is 1.39 bits per heavy atom. The van der Waals surface area contributed by atoms with Crippen molar-refractivity contribution in [1.29, 1.82) is 0 Å². The highest BCUT2D eigenvalue weighted by Crippen LogP contribution is 2.31. The Hall–Kier alpha value is -1.92. The fourth-order valence-electron chi connectivity index (χ4n) is 2.48. The number of carbonyl (C=O) groups excluding carboxylic acids is 1. The van der Waals surface area contributed by atoms with Gasteiger partial charge in [0.2, 0.25) is 5.91 Å². The maximum absolute atomic E-state index is 12.0. The van der Waals surface area contributed by atoms with Crippen molar-refractivity contribution in [1.82, 2.24) is 20.3 Å². The maximum Gasteiger partial charge on any atom is 0.226 e. The Bertz CT molecular complexity index is 654. The minimum atomic E-state index is -0.0562. The molecule has 0 saturated heterocycles. The highest BCUT2D eigenvalue weighted by Gasteiger charge is 2.28. The zero-order valence-corrected chi connectivity index (χ0v) is 13.9. The van der Waals surface area contributed by atoms with Crippen molar-refractivity contribution in [3.63, 3.8) is 0 Å². The van der Waals surface area contributed by atoms with Gasteiger partial charge in [0.25, 0.3) is 0 Å². The number of para-hydroxylation sites is 1. The number of nitrogens with two attached hydrogens (primary N) is 1. The number of benzene rings is 1. The molecule has 7 heteroatoms. The summed E-state index contributed by atoms with van der Waals surface area (Å²) >= 11 is 0. The number of hydrogen-bond donors (Lipinski definition) is 2. The first kappa shape index (κ1) is 17.4. The Balaban J connectivity index is 0.00000192. The zero-order chi connectivity index (χ0) is 15.5. The first-order valence-corrected chi connectivity index (χ1v) is 7.64. The fraction of sp³-hybridized carbons (Fsp3) is 0.438. The van der Waals surface area contributed by atoms with Crippen molar-refractivity contribution < 1.29 is 4.79 Å². The lowest BCUT2D eigenvalue weighted by Gasteiger charge is -2.11. The SMILES string of the molecule is Cc1c(CC(=O)NCC(N)C2CC2)nnn1-c1ccccc1.Cl. The van der Waals surface area contributed by atoms with E-state index in [1.54, 1.807) is 4.68 Å². The lowest BCUT2D eigenvalue weighted by atomic mass is 10.2. The molecule has 124 valence electrons. The standard InChI is InChI=1S/C16H21N5O.ClH/c1-11-15(9-16(22)18-10-14(17)12-7-8-12)19-20-21(11)13-5-3-2-4-6-13;/h2-6,12,14H,7-10,17H2,1H3,(H,18,22);1H. The topological polar surface area (TPSA) is 85.8 Å².